The number of halogens is 2. The topological polar surface area (TPSA) is 50.4 Å². The second kappa shape index (κ2) is 6.20. The van der Waals surface area contributed by atoms with Gasteiger partial charge >= 0.3 is 0 Å². The average Bonchev–Trinajstić information content (AvgIpc) is 3.01. The van der Waals surface area contributed by atoms with Crippen molar-refractivity contribution in [3.8, 4) is 5.75 Å². The third-order valence-corrected chi connectivity index (χ3v) is 4.59. The Morgan fingerprint density at radius 1 is 1.38 bits per heavy atom. The molecule has 1 aliphatic heterocycles. The molecule has 114 valence electrons. The fourth-order valence-electron chi connectivity index (χ4n) is 3.27. The monoisotopic (exact) mass is 312 g/mol. The Labute approximate surface area is 128 Å². The number of fused-ring (bicyclic) bond motifs is 1. The minimum absolute atomic E-state index is 0.0397. The maximum atomic E-state index is 13.2. The second-order valence-corrected chi connectivity index (χ2v) is 6.19. The van der Waals surface area contributed by atoms with Crippen molar-refractivity contribution in [3.05, 3.63) is 29.0 Å². The zero-order chi connectivity index (χ0) is 14.8. The number of amides is 1. The number of hydrogen-bond donors (Lipinski definition) is 2. The van der Waals surface area contributed by atoms with Crippen molar-refractivity contribution in [3.63, 3.8) is 0 Å². The number of rotatable bonds is 4. The molecule has 0 spiro atoms. The lowest BCUT2D eigenvalue weighted by atomic mass is 10.0. The van der Waals surface area contributed by atoms with Crippen LogP contribution in [0.3, 0.4) is 0 Å². The van der Waals surface area contributed by atoms with Crippen molar-refractivity contribution in [1.29, 1.82) is 0 Å². The Balaban J connectivity index is 1.45. The van der Waals surface area contributed by atoms with Crippen molar-refractivity contribution in [1.82, 2.24) is 10.6 Å². The van der Waals surface area contributed by atoms with Crippen LogP contribution >= 0.6 is 11.6 Å². The predicted molar refractivity (Wildman–Crippen MR) is 77.9 cm³/mol. The average molecular weight is 313 g/mol. The van der Waals surface area contributed by atoms with Crippen LogP contribution in [0.15, 0.2) is 18.2 Å². The van der Waals surface area contributed by atoms with Crippen molar-refractivity contribution < 1.29 is 13.9 Å². The molecule has 3 rings (SSSR count). The number of ether oxygens (including phenoxy) is 1. The van der Waals surface area contributed by atoms with Crippen LogP contribution in [0.1, 0.15) is 12.8 Å². The van der Waals surface area contributed by atoms with Crippen molar-refractivity contribution in [2.45, 2.75) is 18.9 Å². The zero-order valence-corrected chi connectivity index (χ0v) is 12.3. The van der Waals surface area contributed by atoms with Crippen LogP contribution < -0.4 is 15.4 Å². The van der Waals surface area contributed by atoms with E-state index in [-0.39, 0.29) is 23.6 Å². The van der Waals surface area contributed by atoms with Gasteiger partial charge in [0.05, 0.1) is 5.02 Å². The number of carbonyl (C=O) groups excluding carboxylic acids is 1. The molecule has 1 aromatic rings. The Morgan fingerprint density at radius 2 is 2.10 bits per heavy atom. The van der Waals surface area contributed by atoms with E-state index in [1.54, 1.807) is 6.07 Å². The van der Waals surface area contributed by atoms with Gasteiger partial charge in [0.1, 0.15) is 11.6 Å². The van der Waals surface area contributed by atoms with Crippen LogP contribution in [0.5, 0.6) is 5.75 Å². The first kappa shape index (κ1) is 14.6. The molecule has 0 bridgehead atoms. The lowest BCUT2D eigenvalue weighted by Crippen LogP contribution is -2.37. The van der Waals surface area contributed by atoms with Crippen molar-refractivity contribution >= 4 is 17.5 Å². The first-order valence-electron chi connectivity index (χ1n) is 7.20. The molecular weight excluding hydrogens is 295 g/mol. The molecular formula is C15H18ClFN2O2. The molecule has 1 saturated heterocycles. The van der Waals surface area contributed by atoms with Gasteiger partial charge in [-0.2, -0.15) is 0 Å². The second-order valence-electron chi connectivity index (χ2n) is 5.78. The first-order valence-corrected chi connectivity index (χ1v) is 7.57. The maximum absolute atomic E-state index is 13.2. The summed E-state index contributed by atoms with van der Waals surface area (Å²) in [5.41, 5.74) is 0. The van der Waals surface area contributed by atoms with Gasteiger partial charge in [-0.1, -0.05) is 11.6 Å². The summed E-state index contributed by atoms with van der Waals surface area (Å²) >= 11 is 5.59. The molecule has 2 aliphatic rings. The lowest BCUT2D eigenvalue weighted by Gasteiger charge is -2.14. The summed E-state index contributed by atoms with van der Waals surface area (Å²) in [6.45, 7) is 2.00. The highest BCUT2D eigenvalue weighted by Gasteiger charge is 2.37. The summed E-state index contributed by atoms with van der Waals surface area (Å²) in [6.07, 6.45) is 2.05. The van der Waals surface area contributed by atoms with E-state index in [1.165, 1.54) is 12.1 Å². The van der Waals surface area contributed by atoms with Crippen LogP contribution in [0.2, 0.25) is 5.02 Å². The maximum Gasteiger partial charge on any atom is 0.258 e. The van der Waals surface area contributed by atoms with Crippen LogP contribution in [-0.2, 0) is 4.79 Å². The van der Waals surface area contributed by atoms with Gasteiger partial charge in [-0.25, -0.2) is 4.39 Å². The van der Waals surface area contributed by atoms with E-state index in [4.69, 9.17) is 16.3 Å². The molecule has 0 radical (unpaired) electrons. The van der Waals surface area contributed by atoms with E-state index in [9.17, 15) is 9.18 Å². The van der Waals surface area contributed by atoms with Crippen LogP contribution in [0.4, 0.5) is 4.39 Å². The van der Waals surface area contributed by atoms with E-state index in [0.717, 1.165) is 25.9 Å². The van der Waals surface area contributed by atoms with E-state index in [1.807, 2.05) is 0 Å². The normalized spacial score (nSPS) is 27.4. The van der Waals surface area contributed by atoms with Gasteiger partial charge in [0.15, 0.2) is 6.61 Å². The third kappa shape index (κ3) is 3.47. The quantitative estimate of drug-likeness (QED) is 0.894. The molecule has 1 saturated carbocycles. The summed E-state index contributed by atoms with van der Waals surface area (Å²) < 4.78 is 18.5. The molecule has 4 nitrogen and oxygen atoms in total. The molecule has 2 fully saturated rings. The molecule has 1 amide bonds. The summed E-state index contributed by atoms with van der Waals surface area (Å²) in [4.78, 5) is 11.9. The van der Waals surface area contributed by atoms with Crippen LogP contribution in [0.25, 0.3) is 0 Å². The number of nitrogens with one attached hydrogen (secondary N) is 2. The van der Waals surface area contributed by atoms with Gasteiger partial charge in [0.25, 0.3) is 5.91 Å². The molecule has 0 unspecified atom stereocenters. The summed E-state index contributed by atoms with van der Waals surface area (Å²) in [5.74, 6) is 0.955. The van der Waals surface area contributed by atoms with Crippen molar-refractivity contribution in [2.24, 2.45) is 11.8 Å². The smallest absolute Gasteiger partial charge is 0.258 e. The Morgan fingerprint density at radius 3 is 2.76 bits per heavy atom. The Kier molecular flexibility index (Phi) is 4.31. The molecule has 2 N–H and O–H groups in total. The third-order valence-electron chi connectivity index (χ3n) is 4.28. The molecule has 1 aromatic carbocycles. The van der Waals surface area contributed by atoms with E-state index in [2.05, 4.69) is 10.6 Å². The Bertz CT molecular complexity index is 528. The molecule has 6 heteroatoms. The minimum atomic E-state index is -0.550. The highest BCUT2D eigenvalue weighted by molar-refractivity contribution is 6.30. The zero-order valence-electron chi connectivity index (χ0n) is 11.6. The minimum Gasteiger partial charge on any atom is -0.484 e. The first-order chi connectivity index (χ1) is 10.1. The summed E-state index contributed by atoms with van der Waals surface area (Å²) in [7, 11) is 0. The molecule has 3 atom stereocenters. The fraction of sp³-hybridized carbons (Fsp3) is 0.533. The molecule has 1 heterocycles. The summed E-state index contributed by atoms with van der Waals surface area (Å²) in [5, 5.41) is 6.40. The largest absolute Gasteiger partial charge is 0.484 e. The number of hydrogen-bond acceptors (Lipinski definition) is 3. The van der Waals surface area contributed by atoms with Gasteiger partial charge in [0, 0.05) is 12.1 Å². The number of benzene rings is 1. The summed E-state index contributed by atoms with van der Waals surface area (Å²) in [6, 6.07) is 4.38. The van der Waals surface area contributed by atoms with E-state index >= 15 is 0 Å². The fourth-order valence-corrected chi connectivity index (χ4v) is 3.39. The number of carbonyl (C=O) groups is 1. The van der Waals surface area contributed by atoms with Crippen LogP contribution in [0, 0.1) is 17.7 Å². The van der Waals surface area contributed by atoms with Crippen LogP contribution in [-0.4, -0.2) is 31.6 Å². The Hall–Kier alpha value is -1.33. The SMILES string of the molecule is O=C(COc1ccc(Cl)c(F)c1)N[C@H]1C[C@H]2CNC[C@H]2C1. The van der Waals surface area contributed by atoms with Gasteiger partial charge in [0.2, 0.25) is 0 Å². The molecule has 1 aliphatic carbocycles. The van der Waals surface area contributed by atoms with Gasteiger partial charge in [-0.15, -0.1) is 0 Å². The highest BCUT2D eigenvalue weighted by atomic mass is 35.5. The lowest BCUT2D eigenvalue weighted by molar-refractivity contribution is -0.123. The predicted octanol–water partition coefficient (Wildman–Crippen LogP) is 1.97. The van der Waals surface area contributed by atoms with Gasteiger partial charge in [-0.05, 0) is 49.9 Å². The standard InChI is InChI=1S/C15H18ClFN2O2/c16-13-2-1-12(5-14(13)17)21-8-15(20)19-11-3-9-6-18-7-10(9)4-11/h1-2,5,9-11,18H,3-4,6-8H2,(H,19,20)/t9-,10+,11-. The van der Waals surface area contributed by atoms with Crippen molar-refractivity contribution in [2.75, 3.05) is 19.7 Å². The highest BCUT2D eigenvalue weighted by Crippen LogP contribution is 2.34. The van der Waals surface area contributed by atoms with E-state index < -0.39 is 5.82 Å². The molecule has 0 aromatic heterocycles. The van der Waals surface area contributed by atoms with E-state index in [0.29, 0.717) is 17.6 Å². The van der Waals surface area contributed by atoms with Gasteiger partial charge in [-0.3, -0.25) is 4.79 Å². The van der Waals surface area contributed by atoms with Gasteiger partial charge < -0.3 is 15.4 Å². The molecule has 21 heavy (non-hydrogen) atoms.